The van der Waals surface area contributed by atoms with Gasteiger partial charge in [-0.25, -0.2) is 9.59 Å². The summed E-state index contributed by atoms with van der Waals surface area (Å²) >= 11 is 0. The van der Waals surface area contributed by atoms with Crippen molar-refractivity contribution in [2.75, 3.05) is 33.3 Å². The van der Waals surface area contributed by atoms with Gasteiger partial charge in [0, 0.05) is 51.3 Å². The summed E-state index contributed by atoms with van der Waals surface area (Å²) in [6.07, 6.45) is 3.23. The lowest BCUT2D eigenvalue weighted by atomic mass is 9.96. The minimum atomic E-state index is -1.26. The van der Waals surface area contributed by atoms with Crippen LogP contribution in [0.5, 0.6) is 5.75 Å². The van der Waals surface area contributed by atoms with Crippen molar-refractivity contribution in [1.29, 1.82) is 0 Å². The Hall–Kier alpha value is -3.65. The molecule has 1 atom stereocenters. The number of nitrogens with zero attached hydrogens (tertiary/aromatic N) is 2. The van der Waals surface area contributed by atoms with E-state index in [-0.39, 0.29) is 5.91 Å². The average molecular weight is 469 g/mol. The van der Waals surface area contributed by atoms with Crippen LogP contribution in [0.15, 0.2) is 66.7 Å². The molecule has 0 aliphatic carbocycles. The molecule has 8 nitrogen and oxygen atoms in total. The van der Waals surface area contributed by atoms with Crippen LogP contribution < -0.4 is 4.74 Å². The van der Waals surface area contributed by atoms with Crippen molar-refractivity contribution in [3.8, 4) is 5.75 Å². The normalized spacial score (nSPS) is 14.7. The van der Waals surface area contributed by atoms with Gasteiger partial charge in [0.05, 0.1) is 7.11 Å². The van der Waals surface area contributed by atoms with Crippen molar-refractivity contribution in [2.45, 2.75) is 25.8 Å². The topological polar surface area (TPSA) is 107 Å². The van der Waals surface area contributed by atoms with Crippen LogP contribution in [0.1, 0.15) is 30.5 Å². The fourth-order valence-corrected chi connectivity index (χ4v) is 3.83. The van der Waals surface area contributed by atoms with Crippen molar-refractivity contribution in [3.63, 3.8) is 0 Å². The van der Waals surface area contributed by atoms with E-state index in [0.717, 1.165) is 44.8 Å². The maximum absolute atomic E-state index is 11.6. The van der Waals surface area contributed by atoms with Gasteiger partial charge >= 0.3 is 11.9 Å². The maximum Gasteiger partial charge on any atom is 0.328 e. The van der Waals surface area contributed by atoms with Crippen LogP contribution in [-0.2, 0) is 20.8 Å². The molecule has 8 heteroatoms. The van der Waals surface area contributed by atoms with Crippen LogP contribution in [0.4, 0.5) is 0 Å². The average Bonchev–Trinajstić information content (AvgIpc) is 2.84. The van der Waals surface area contributed by atoms with Gasteiger partial charge in [-0.3, -0.25) is 9.69 Å². The molecule has 182 valence electrons. The van der Waals surface area contributed by atoms with E-state index < -0.39 is 11.9 Å². The van der Waals surface area contributed by atoms with Gasteiger partial charge in [-0.15, -0.1) is 0 Å². The Labute approximate surface area is 200 Å². The predicted octanol–water partition coefficient (Wildman–Crippen LogP) is 3.25. The molecule has 0 spiro atoms. The highest BCUT2D eigenvalue weighted by atomic mass is 16.5. The first-order valence-corrected chi connectivity index (χ1v) is 11.1. The van der Waals surface area contributed by atoms with Crippen molar-refractivity contribution in [1.82, 2.24) is 9.80 Å². The Kier molecular flexibility index (Phi) is 10.8. The van der Waals surface area contributed by atoms with Gasteiger partial charge in [-0.05, 0) is 36.1 Å². The molecule has 3 rings (SSSR count). The Morgan fingerprint density at radius 2 is 1.47 bits per heavy atom. The molecule has 2 aromatic carbocycles. The van der Waals surface area contributed by atoms with Gasteiger partial charge in [0.15, 0.2) is 0 Å². The fraction of sp³-hybridized carbons (Fsp3) is 0.346. The van der Waals surface area contributed by atoms with Crippen molar-refractivity contribution < 1.29 is 29.3 Å². The summed E-state index contributed by atoms with van der Waals surface area (Å²) in [5, 5.41) is 15.6. The second-order valence-electron chi connectivity index (χ2n) is 7.87. The highest BCUT2D eigenvalue weighted by Gasteiger charge is 2.25. The highest BCUT2D eigenvalue weighted by molar-refractivity contribution is 5.89. The molecule has 0 radical (unpaired) electrons. The maximum atomic E-state index is 11.6. The summed E-state index contributed by atoms with van der Waals surface area (Å²) in [6.45, 7) is 5.13. The number of hydrogen-bond donors (Lipinski definition) is 2. The van der Waals surface area contributed by atoms with E-state index in [1.807, 2.05) is 17.0 Å². The molecule has 1 aliphatic rings. The molecule has 0 saturated carbocycles. The summed E-state index contributed by atoms with van der Waals surface area (Å²) in [5.74, 6) is -1.45. The van der Waals surface area contributed by atoms with E-state index in [9.17, 15) is 14.4 Å². The van der Waals surface area contributed by atoms with Crippen LogP contribution >= 0.6 is 0 Å². The summed E-state index contributed by atoms with van der Waals surface area (Å²) in [5.41, 5.74) is 2.69. The second kappa shape index (κ2) is 13.8. The molecule has 1 heterocycles. The number of carboxylic acids is 2. The van der Waals surface area contributed by atoms with Gasteiger partial charge in [-0.1, -0.05) is 42.5 Å². The molecule has 1 fully saturated rings. The largest absolute Gasteiger partial charge is 0.497 e. The Morgan fingerprint density at radius 3 is 1.94 bits per heavy atom. The van der Waals surface area contributed by atoms with Gasteiger partial charge in [0.1, 0.15) is 5.75 Å². The molecular formula is C26H32N2O6. The number of rotatable bonds is 8. The number of ether oxygens (including phenoxy) is 1. The first kappa shape index (κ1) is 26.6. The number of benzene rings is 2. The predicted molar refractivity (Wildman–Crippen MR) is 129 cm³/mol. The van der Waals surface area contributed by atoms with E-state index in [0.29, 0.717) is 18.2 Å². The third kappa shape index (κ3) is 9.07. The van der Waals surface area contributed by atoms with Crippen LogP contribution in [0.2, 0.25) is 0 Å². The molecule has 0 bridgehead atoms. The first-order valence-electron chi connectivity index (χ1n) is 11.1. The minimum absolute atomic E-state index is 0.176. The molecule has 1 amide bonds. The zero-order valence-electron chi connectivity index (χ0n) is 19.6. The summed E-state index contributed by atoms with van der Waals surface area (Å²) in [6, 6.07) is 19.4. The SMILES string of the molecule is COc1ccc(C(CCc2ccccc2)N2CCN(C(C)=O)CC2)cc1.O=C(O)/C=C\C(=O)O. The molecular weight excluding hydrogens is 436 g/mol. The van der Waals surface area contributed by atoms with Crippen LogP contribution in [0.25, 0.3) is 0 Å². The van der Waals surface area contributed by atoms with E-state index in [1.165, 1.54) is 11.1 Å². The Morgan fingerprint density at radius 1 is 0.912 bits per heavy atom. The quantitative estimate of drug-likeness (QED) is 0.573. The van der Waals surface area contributed by atoms with Crippen LogP contribution in [-0.4, -0.2) is 71.1 Å². The van der Waals surface area contributed by atoms with Gasteiger partial charge in [0.25, 0.3) is 0 Å². The number of piperazine rings is 1. The van der Waals surface area contributed by atoms with Gasteiger partial charge < -0.3 is 19.8 Å². The number of hydrogen-bond acceptors (Lipinski definition) is 5. The number of carboxylic acid groups (broad SMARTS) is 2. The van der Waals surface area contributed by atoms with E-state index >= 15 is 0 Å². The Bertz CT molecular complexity index is 935. The molecule has 2 aromatic rings. The van der Waals surface area contributed by atoms with E-state index in [1.54, 1.807) is 14.0 Å². The first-order chi connectivity index (χ1) is 16.3. The minimum Gasteiger partial charge on any atom is -0.497 e. The molecule has 1 aliphatic heterocycles. The monoisotopic (exact) mass is 468 g/mol. The molecule has 34 heavy (non-hydrogen) atoms. The molecule has 0 aromatic heterocycles. The standard InChI is InChI=1S/C22H28N2O2.C4H4O4/c1-18(25)23-14-16-24(17-15-23)22(13-8-19-6-4-3-5-7-19)20-9-11-21(26-2)12-10-20;5-3(6)1-2-4(7)8/h3-7,9-12,22H,8,13-17H2,1-2H3;1-2H,(H,5,6)(H,7,8)/b;2-1-. The van der Waals surface area contributed by atoms with E-state index in [4.69, 9.17) is 14.9 Å². The zero-order valence-corrected chi connectivity index (χ0v) is 19.6. The number of carbonyl (C=O) groups is 3. The van der Waals surface area contributed by atoms with Crippen molar-refractivity contribution in [3.05, 3.63) is 77.9 Å². The number of aliphatic carboxylic acids is 2. The van der Waals surface area contributed by atoms with Gasteiger partial charge in [-0.2, -0.15) is 0 Å². The summed E-state index contributed by atoms with van der Waals surface area (Å²) in [4.78, 5) is 35.2. The van der Waals surface area contributed by atoms with Crippen LogP contribution in [0.3, 0.4) is 0 Å². The zero-order chi connectivity index (χ0) is 24.9. The van der Waals surface area contributed by atoms with E-state index in [2.05, 4.69) is 47.4 Å². The summed E-state index contributed by atoms with van der Waals surface area (Å²) in [7, 11) is 1.70. The number of amides is 1. The molecule has 2 N–H and O–H groups in total. The van der Waals surface area contributed by atoms with Crippen molar-refractivity contribution in [2.24, 2.45) is 0 Å². The lowest BCUT2D eigenvalue weighted by molar-refractivity contribution is -0.134. The second-order valence-corrected chi connectivity index (χ2v) is 7.87. The molecule has 1 saturated heterocycles. The molecule has 1 unspecified atom stereocenters. The third-order valence-corrected chi connectivity index (χ3v) is 5.62. The smallest absolute Gasteiger partial charge is 0.328 e. The number of aryl methyl sites for hydroxylation is 1. The number of methoxy groups -OCH3 is 1. The lowest BCUT2D eigenvalue weighted by Gasteiger charge is -2.39. The third-order valence-electron chi connectivity index (χ3n) is 5.62. The lowest BCUT2D eigenvalue weighted by Crippen LogP contribution is -2.49. The van der Waals surface area contributed by atoms with Crippen molar-refractivity contribution >= 4 is 17.8 Å². The summed E-state index contributed by atoms with van der Waals surface area (Å²) < 4.78 is 5.31. The van der Waals surface area contributed by atoms with Crippen LogP contribution in [0, 0.1) is 0 Å². The fourth-order valence-electron chi connectivity index (χ4n) is 3.83. The van der Waals surface area contributed by atoms with Gasteiger partial charge in [0.2, 0.25) is 5.91 Å². The number of carbonyl (C=O) groups excluding carboxylic acids is 1. The highest BCUT2D eigenvalue weighted by Crippen LogP contribution is 2.28. The Balaban J connectivity index is 0.000000440.